The monoisotopic (exact) mass is 342 g/mol. The summed E-state index contributed by atoms with van der Waals surface area (Å²) in [5.41, 5.74) is 0.503. The summed E-state index contributed by atoms with van der Waals surface area (Å²) in [6.07, 6.45) is 1.17. The number of sulfonamides is 1. The van der Waals surface area contributed by atoms with Gasteiger partial charge in [-0.2, -0.15) is 0 Å². The zero-order valence-electron chi connectivity index (χ0n) is 9.76. The van der Waals surface area contributed by atoms with Crippen molar-refractivity contribution in [2.75, 3.05) is 0 Å². The molecule has 7 heteroatoms. The highest BCUT2D eigenvalue weighted by Crippen LogP contribution is 2.11. The lowest BCUT2D eigenvalue weighted by Crippen LogP contribution is -2.24. The number of pyridine rings is 1. The minimum Gasteiger partial charge on any atom is -0.328 e. The van der Waals surface area contributed by atoms with E-state index in [0.717, 1.165) is 10.0 Å². The van der Waals surface area contributed by atoms with E-state index < -0.39 is 10.0 Å². The Labute approximate surface area is 118 Å². The van der Waals surface area contributed by atoms with Gasteiger partial charge in [0.2, 0.25) is 15.6 Å². The molecule has 0 unspecified atom stereocenters. The van der Waals surface area contributed by atoms with E-state index in [4.69, 9.17) is 0 Å². The van der Waals surface area contributed by atoms with Gasteiger partial charge in [0.25, 0.3) is 0 Å². The molecule has 1 heterocycles. The first kappa shape index (κ1) is 14.0. The van der Waals surface area contributed by atoms with Crippen molar-refractivity contribution in [3.8, 4) is 0 Å². The standard InChI is InChI=1S/C12H11BrN2O3S/c13-10-3-1-9(2-4-10)7-15-19(17,18)11-5-6-12(16)14-8-11/h1-6,8,15H,7H2,(H,14,16). The number of aromatic nitrogens is 1. The van der Waals surface area contributed by atoms with Crippen LogP contribution in [0, 0.1) is 0 Å². The summed E-state index contributed by atoms with van der Waals surface area (Å²) in [5, 5.41) is 0. The van der Waals surface area contributed by atoms with Crippen LogP contribution in [0.2, 0.25) is 0 Å². The molecule has 5 nitrogen and oxygen atoms in total. The molecule has 2 aromatic rings. The van der Waals surface area contributed by atoms with Crippen molar-refractivity contribution >= 4 is 26.0 Å². The average molecular weight is 343 g/mol. The zero-order valence-corrected chi connectivity index (χ0v) is 12.2. The summed E-state index contributed by atoms with van der Waals surface area (Å²) in [6, 6.07) is 9.75. The largest absolute Gasteiger partial charge is 0.328 e. The van der Waals surface area contributed by atoms with E-state index in [2.05, 4.69) is 25.6 Å². The van der Waals surface area contributed by atoms with E-state index >= 15 is 0 Å². The van der Waals surface area contributed by atoms with Crippen molar-refractivity contribution in [1.82, 2.24) is 9.71 Å². The van der Waals surface area contributed by atoms with E-state index in [0.29, 0.717) is 0 Å². The van der Waals surface area contributed by atoms with Gasteiger partial charge in [-0.15, -0.1) is 0 Å². The highest BCUT2D eigenvalue weighted by atomic mass is 79.9. The van der Waals surface area contributed by atoms with Crippen molar-refractivity contribution in [1.29, 1.82) is 0 Å². The third-order valence-corrected chi connectivity index (χ3v) is 4.37. The van der Waals surface area contributed by atoms with Crippen molar-refractivity contribution < 1.29 is 8.42 Å². The lowest BCUT2D eigenvalue weighted by Gasteiger charge is -2.06. The second-order valence-corrected chi connectivity index (χ2v) is 6.52. The Morgan fingerprint density at radius 3 is 2.37 bits per heavy atom. The molecule has 0 saturated heterocycles. The second-order valence-electron chi connectivity index (χ2n) is 3.84. The third-order valence-electron chi connectivity index (χ3n) is 2.45. The second kappa shape index (κ2) is 5.68. The number of halogens is 1. The normalized spacial score (nSPS) is 11.4. The molecule has 1 aromatic heterocycles. The molecule has 0 aliphatic heterocycles. The van der Waals surface area contributed by atoms with Gasteiger partial charge < -0.3 is 4.98 Å². The summed E-state index contributed by atoms with van der Waals surface area (Å²) in [6.45, 7) is 0.189. The summed E-state index contributed by atoms with van der Waals surface area (Å²) < 4.78 is 27.3. The summed E-state index contributed by atoms with van der Waals surface area (Å²) >= 11 is 3.31. The summed E-state index contributed by atoms with van der Waals surface area (Å²) in [4.78, 5) is 13.2. The van der Waals surface area contributed by atoms with Gasteiger partial charge in [-0.3, -0.25) is 4.79 Å². The smallest absolute Gasteiger partial charge is 0.247 e. The fraction of sp³-hybridized carbons (Fsp3) is 0.0833. The van der Waals surface area contributed by atoms with Crippen LogP contribution in [-0.2, 0) is 16.6 Å². The van der Waals surface area contributed by atoms with E-state index in [1.54, 1.807) is 0 Å². The third kappa shape index (κ3) is 3.76. The van der Waals surface area contributed by atoms with Crippen LogP contribution in [0.15, 0.2) is 56.8 Å². The summed E-state index contributed by atoms with van der Waals surface area (Å²) in [5.74, 6) is 0. The van der Waals surface area contributed by atoms with Gasteiger partial charge in [0.15, 0.2) is 0 Å². The summed E-state index contributed by atoms with van der Waals surface area (Å²) in [7, 11) is -3.62. The predicted octanol–water partition coefficient (Wildman–Crippen LogP) is 1.62. The van der Waals surface area contributed by atoms with Gasteiger partial charge in [-0.1, -0.05) is 28.1 Å². The van der Waals surface area contributed by atoms with Gasteiger partial charge in [0.1, 0.15) is 0 Å². The number of benzene rings is 1. The van der Waals surface area contributed by atoms with Crippen LogP contribution >= 0.6 is 15.9 Å². The molecule has 0 aliphatic carbocycles. The quantitative estimate of drug-likeness (QED) is 0.885. The Kier molecular flexibility index (Phi) is 4.18. The fourth-order valence-electron chi connectivity index (χ4n) is 1.43. The van der Waals surface area contributed by atoms with Crippen LogP contribution in [0.4, 0.5) is 0 Å². The van der Waals surface area contributed by atoms with E-state index in [-0.39, 0.29) is 17.0 Å². The SMILES string of the molecule is O=c1ccc(S(=O)(=O)NCc2ccc(Br)cc2)c[nH]1. The molecule has 1 aromatic carbocycles. The van der Waals surface area contributed by atoms with Crippen molar-refractivity contribution in [3.63, 3.8) is 0 Å². The highest BCUT2D eigenvalue weighted by molar-refractivity contribution is 9.10. The van der Waals surface area contributed by atoms with Gasteiger partial charge in [0, 0.05) is 23.3 Å². The lowest BCUT2D eigenvalue weighted by molar-refractivity contribution is 0.581. The molecule has 100 valence electrons. The molecule has 0 radical (unpaired) electrons. The predicted molar refractivity (Wildman–Crippen MR) is 75.2 cm³/mol. The van der Waals surface area contributed by atoms with Gasteiger partial charge in [-0.25, -0.2) is 13.1 Å². The molecule has 0 aliphatic rings. The molecular formula is C12H11BrN2O3S. The molecular weight excluding hydrogens is 332 g/mol. The van der Waals surface area contributed by atoms with Crippen LogP contribution in [0.1, 0.15) is 5.56 Å². The molecule has 0 spiro atoms. The number of nitrogens with one attached hydrogen (secondary N) is 2. The minimum atomic E-state index is -3.62. The van der Waals surface area contributed by atoms with Crippen LogP contribution in [0.3, 0.4) is 0 Å². The number of H-pyrrole nitrogens is 1. The topological polar surface area (TPSA) is 79.0 Å². The highest BCUT2D eigenvalue weighted by Gasteiger charge is 2.13. The van der Waals surface area contributed by atoms with Gasteiger partial charge in [-0.05, 0) is 23.8 Å². The average Bonchev–Trinajstić information content (AvgIpc) is 2.39. The first-order valence-electron chi connectivity index (χ1n) is 5.40. The first-order valence-corrected chi connectivity index (χ1v) is 7.68. The molecule has 19 heavy (non-hydrogen) atoms. The molecule has 2 rings (SSSR count). The zero-order chi connectivity index (χ0) is 13.9. The molecule has 0 fully saturated rings. The maximum atomic E-state index is 11.9. The Hall–Kier alpha value is -1.44. The Balaban J connectivity index is 2.11. The minimum absolute atomic E-state index is 0.0317. The molecule has 0 amide bonds. The Morgan fingerprint density at radius 1 is 1.11 bits per heavy atom. The van der Waals surface area contributed by atoms with Crippen LogP contribution in [0.25, 0.3) is 0 Å². The Bertz CT molecular complexity index is 703. The number of rotatable bonds is 4. The van der Waals surface area contributed by atoms with Crippen molar-refractivity contribution in [2.45, 2.75) is 11.4 Å². The van der Waals surface area contributed by atoms with Crippen molar-refractivity contribution in [2.24, 2.45) is 0 Å². The van der Waals surface area contributed by atoms with Crippen LogP contribution in [0.5, 0.6) is 0 Å². The lowest BCUT2D eigenvalue weighted by atomic mass is 10.2. The Morgan fingerprint density at radius 2 is 1.79 bits per heavy atom. The number of hydrogen-bond donors (Lipinski definition) is 2. The molecule has 0 saturated carbocycles. The molecule has 2 N–H and O–H groups in total. The van der Waals surface area contributed by atoms with Gasteiger partial charge in [0.05, 0.1) is 4.90 Å². The number of aromatic amines is 1. The van der Waals surface area contributed by atoms with E-state index in [1.807, 2.05) is 24.3 Å². The molecule has 0 bridgehead atoms. The van der Waals surface area contributed by atoms with E-state index in [9.17, 15) is 13.2 Å². The van der Waals surface area contributed by atoms with Crippen LogP contribution in [-0.4, -0.2) is 13.4 Å². The maximum absolute atomic E-state index is 11.9. The first-order chi connectivity index (χ1) is 8.97. The van der Waals surface area contributed by atoms with Crippen LogP contribution < -0.4 is 10.3 Å². The van der Waals surface area contributed by atoms with Crippen molar-refractivity contribution in [3.05, 3.63) is 63.0 Å². The maximum Gasteiger partial charge on any atom is 0.247 e. The molecule has 0 atom stereocenters. The fourth-order valence-corrected chi connectivity index (χ4v) is 2.68. The van der Waals surface area contributed by atoms with Gasteiger partial charge >= 0.3 is 0 Å². The number of hydrogen-bond acceptors (Lipinski definition) is 3. The van der Waals surface area contributed by atoms with E-state index in [1.165, 1.54) is 18.3 Å².